The van der Waals surface area contributed by atoms with Crippen LogP contribution in [0.1, 0.15) is 30.8 Å². The SMILES string of the molecule is COc1c(Cc2c(-c3ccccc3)[nH]c3ccccc23)[nH]c(=O)c(CC(C)C)[n+]1[O-]. The molecule has 0 bridgehead atoms. The van der Waals surface area contributed by atoms with Crippen LogP contribution in [0.25, 0.3) is 22.2 Å². The first kappa shape index (κ1) is 19.8. The summed E-state index contributed by atoms with van der Waals surface area (Å²) in [6.45, 7) is 3.94. The highest BCUT2D eigenvalue weighted by Crippen LogP contribution is 2.32. The Morgan fingerprint density at radius 3 is 2.43 bits per heavy atom. The lowest BCUT2D eigenvalue weighted by atomic mass is 10.0. The van der Waals surface area contributed by atoms with Crippen molar-refractivity contribution in [2.75, 3.05) is 7.11 Å². The number of nitrogens with zero attached hydrogens (tertiary/aromatic N) is 1. The monoisotopic (exact) mass is 403 g/mol. The number of fused-ring (bicyclic) bond motifs is 1. The third-order valence-corrected chi connectivity index (χ3v) is 5.24. The molecule has 0 radical (unpaired) electrons. The minimum Gasteiger partial charge on any atom is -0.616 e. The van der Waals surface area contributed by atoms with Gasteiger partial charge in [-0.3, -0.25) is 4.79 Å². The summed E-state index contributed by atoms with van der Waals surface area (Å²) in [6, 6.07) is 18.0. The van der Waals surface area contributed by atoms with E-state index in [2.05, 4.69) is 9.97 Å². The number of rotatable bonds is 6. The van der Waals surface area contributed by atoms with E-state index in [0.717, 1.165) is 27.7 Å². The van der Waals surface area contributed by atoms with Gasteiger partial charge in [-0.25, -0.2) is 0 Å². The molecule has 4 aromatic rings. The molecule has 0 aliphatic heterocycles. The lowest BCUT2D eigenvalue weighted by Crippen LogP contribution is -2.43. The Labute approximate surface area is 174 Å². The second-order valence-corrected chi connectivity index (χ2v) is 7.85. The first-order chi connectivity index (χ1) is 14.5. The zero-order chi connectivity index (χ0) is 21.3. The summed E-state index contributed by atoms with van der Waals surface area (Å²) in [5.41, 5.74) is 4.27. The fourth-order valence-electron chi connectivity index (χ4n) is 3.90. The Hall–Kier alpha value is -3.54. The highest BCUT2D eigenvalue weighted by molar-refractivity contribution is 5.91. The van der Waals surface area contributed by atoms with E-state index in [1.807, 2.05) is 68.4 Å². The van der Waals surface area contributed by atoms with Gasteiger partial charge in [-0.1, -0.05) is 62.4 Å². The van der Waals surface area contributed by atoms with Crippen LogP contribution in [0.3, 0.4) is 0 Å². The van der Waals surface area contributed by atoms with Crippen LogP contribution in [0.15, 0.2) is 59.4 Å². The topological polar surface area (TPSA) is 84.8 Å². The van der Waals surface area contributed by atoms with Crippen LogP contribution >= 0.6 is 0 Å². The molecule has 4 rings (SSSR count). The summed E-state index contributed by atoms with van der Waals surface area (Å²) in [7, 11) is 1.46. The number of para-hydroxylation sites is 1. The van der Waals surface area contributed by atoms with Crippen LogP contribution in [-0.2, 0) is 12.8 Å². The van der Waals surface area contributed by atoms with Gasteiger partial charge >= 0.3 is 11.4 Å². The maximum Gasteiger partial charge on any atom is 0.400 e. The summed E-state index contributed by atoms with van der Waals surface area (Å²) >= 11 is 0. The van der Waals surface area contributed by atoms with Crippen LogP contribution < -0.4 is 15.0 Å². The van der Waals surface area contributed by atoms with Crippen molar-refractivity contribution in [2.45, 2.75) is 26.7 Å². The van der Waals surface area contributed by atoms with Gasteiger partial charge in [0.25, 0.3) is 5.69 Å². The number of aromatic amines is 2. The summed E-state index contributed by atoms with van der Waals surface area (Å²) in [6.07, 6.45) is 0.745. The van der Waals surface area contributed by atoms with E-state index in [0.29, 0.717) is 23.3 Å². The number of hydrogen-bond acceptors (Lipinski definition) is 3. The molecule has 0 unspecified atom stereocenters. The normalized spacial score (nSPS) is 11.3. The molecule has 154 valence electrons. The van der Waals surface area contributed by atoms with Crippen LogP contribution in [0.2, 0.25) is 0 Å². The molecule has 0 saturated carbocycles. The Kier molecular flexibility index (Phi) is 5.31. The average molecular weight is 403 g/mol. The minimum atomic E-state index is -0.365. The molecule has 2 aromatic heterocycles. The van der Waals surface area contributed by atoms with E-state index in [1.165, 1.54) is 7.11 Å². The van der Waals surface area contributed by atoms with Crippen LogP contribution in [0.4, 0.5) is 0 Å². The molecule has 0 aliphatic carbocycles. The molecule has 2 heterocycles. The molecule has 0 fully saturated rings. The van der Waals surface area contributed by atoms with E-state index in [4.69, 9.17) is 4.74 Å². The predicted octanol–water partition coefficient (Wildman–Crippen LogP) is 3.95. The second-order valence-electron chi connectivity index (χ2n) is 7.85. The van der Waals surface area contributed by atoms with Gasteiger partial charge in [-0.15, -0.1) is 4.73 Å². The molecule has 6 heteroatoms. The quantitative estimate of drug-likeness (QED) is 0.378. The maximum absolute atomic E-state index is 12.9. The molecule has 0 amide bonds. The molecular formula is C24H25N3O3. The summed E-state index contributed by atoms with van der Waals surface area (Å²) < 4.78 is 6.07. The molecule has 0 atom stereocenters. The van der Waals surface area contributed by atoms with Crippen molar-refractivity contribution < 1.29 is 9.47 Å². The largest absolute Gasteiger partial charge is 0.616 e. The Morgan fingerprint density at radius 2 is 1.73 bits per heavy atom. The number of ether oxygens (including phenoxy) is 1. The number of H-pyrrole nitrogens is 2. The van der Waals surface area contributed by atoms with E-state index < -0.39 is 0 Å². The van der Waals surface area contributed by atoms with Gasteiger partial charge < -0.3 is 19.9 Å². The molecule has 0 saturated heterocycles. The average Bonchev–Trinajstić information content (AvgIpc) is 3.10. The van der Waals surface area contributed by atoms with Crippen LogP contribution in [-0.4, -0.2) is 17.1 Å². The molecule has 30 heavy (non-hydrogen) atoms. The fourth-order valence-corrected chi connectivity index (χ4v) is 3.90. The molecule has 0 aliphatic rings. The Bertz CT molecular complexity index is 1240. The van der Waals surface area contributed by atoms with E-state index >= 15 is 0 Å². The number of methoxy groups -OCH3 is 1. The number of aromatic nitrogens is 3. The smallest absolute Gasteiger partial charge is 0.400 e. The maximum atomic E-state index is 12.9. The molecule has 2 aromatic carbocycles. The molecule has 0 spiro atoms. The molecular weight excluding hydrogens is 378 g/mol. The zero-order valence-electron chi connectivity index (χ0n) is 17.4. The van der Waals surface area contributed by atoms with E-state index in [9.17, 15) is 10.0 Å². The van der Waals surface area contributed by atoms with Gasteiger partial charge in [0, 0.05) is 23.7 Å². The lowest BCUT2D eigenvalue weighted by Gasteiger charge is -2.13. The van der Waals surface area contributed by atoms with Crippen molar-refractivity contribution in [2.24, 2.45) is 5.92 Å². The summed E-state index contributed by atoms with van der Waals surface area (Å²) in [4.78, 5) is 19.1. The van der Waals surface area contributed by atoms with Gasteiger partial charge in [-0.2, -0.15) is 0 Å². The number of nitrogens with one attached hydrogen (secondary N) is 2. The van der Waals surface area contributed by atoms with Gasteiger partial charge in [-0.05, 0) is 23.1 Å². The molecule has 6 nitrogen and oxygen atoms in total. The minimum absolute atomic E-state index is 0.134. The van der Waals surface area contributed by atoms with Gasteiger partial charge in [0.1, 0.15) is 5.69 Å². The van der Waals surface area contributed by atoms with Gasteiger partial charge in [0.05, 0.1) is 12.8 Å². The highest BCUT2D eigenvalue weighted by atomic mass is 16.5. The third kappa shape index (κ3) is 3.56. The first-order valence-corrected chi connectivity index (χ1v) is 10.1. The van der Waals surface area contributed by atoms with Crippen molar-refractivity contribution in [1.82, 2.24) is 9.97 Å². The summed E-state index contributed by atoms with van der Waals surface area (Å²) in [5, 5.41) is 13.9. The van der Waals surface area contributed by atoms with Crippen molar-refractivity contribution in [3.8, 4) is 17.1 Å². The fraction of sp³-hybridized carbons (Fsp3) is 0.250. The lowest BCUT2D eigenvalue weighted by molar-refractivity contribution is -0.622. The predicted molar refractivity (Wildman–Crippen MR) is 118 cm³/mol. The van der Waals surface area contributed by atoms with Crippen LogP contribution in [0.5, 0.6) is 5.88 Å². The number of hydrogen-bond donors (Lipinski definition) is 2. The Morgan fingerprint density at radius 1 is 1.03 bits per heavy atom. The second kappa shape index (κ2) is 8.06. The van der Waals surface area contributed by atoms with Gasteiger partial charge in [0.15, 0.2) is 0 Å². The Balaban J connectivity index is 1.88. The van der Waals surface area contributed by atoms with Crippen molar-refractivity contribution >= 4 is 10.9 Å². The van der Waals surface area contributed by atoms with E-state index in [-0.39, 0.29) is 23.1 Å². The van der Waals surface area contributed by atoms with E-state index in [1.54, 1.807) is 0 Å². The zero-order valence-corrected chi connectivity index (χ0v) is 17.4. The number of benzene rings is 2. The summed E-state index contributed by atoms with van der Waals surface area (Å²) in [5.74, 6) is 0.315. The third-order valence-electron chi connectivity index (χ3n) is 5.24. The van der Waals surface area contributed by atoms with Crippen molar-refractivity contribution in [3.63, 3.8) is 0 Å². The van der Waals surface area contributed by atoms with Gasteiger partial charge in [0.2, 0.25) is 0 Å². The highest BCUT2D eigenvalue weighted by Gasteiger charge is 2.25. The standard InChI is InChI=1S/C24H25N3O3/c1-15(2)13-21-23(28)26-20(24(30-3)27(21)29)14-18-17-11-7-8-12-19(17)25-22(18)16-9-5-4-6-10-16/h4-12,15,25H,13-14H2,1-3H3,(H,26,28). The first-order valence-electron chi connectivity index (χ1n) is 10.1. The molecule has 2 N–H and O–H groups in total. The van der Waals surface area contributed by atoms with Crippen molar-refractivity contribution in [1.29, 1.82) is 0 Å². The van der Waals surface area contributed by atoms with Crippen LogP contribution in [0, 0.1) is 11.1 Å². The van der Waals surface area contributed by atoms with Crippen molar-refractivity contribution in [3.05, 3.63) is 87.1 Å².